The molecule has 0 bridgehead atoms. The van der Waals surface area contributed by atoms with Gasteiger partial charge in [0, 0.05) is 31.7 Å². The van der Waals surface area contributed by atoms with Gasteiger partial charge in [0.1, 0.15) is 0 Å². The van der Waals surface area contributed by atoms with Crippen molar-refractivity contribution < 1.29 is 0 Å². The normalized spacial score (nSPS) is 12.6. The maximum atomic E-state index is 4.22. The van der Waals surface area contributed by atoms with Crippen LogP contribution in [0.3, 0.4) is 0 Å². The van der Waals surface area contributed by atoms with E-state index < -0.39 is 0 Å². The highest BCUT2D eigenvalue weighted by molar-refractivity contribution is 5.25. The minimum atomic E-state index is 0.383. The first-order valence-electron chi connectivity index (χ1n) is 6.82. The van der Waals surface area contributed by atoms with Gasteiger partial charge < -0.3 is 5.32 Å². The minimum absolute atomic E-state index is 0.383. The van der Waals surface area contributed by atoms with E-state index in [9.17, 15) is 0 Å². The van der Waals surface area contributed by atoms with Gasteiger partial charge in [-0.2, -0.15) is 5.10 Å². The molecule has 102 valence electrons. The number of nitrogens with one attached hydrogen (secondary N) is 1. The summed E-state index contributed by atoms with van der Waals surface area (Å²) in [5.74, 6) is 0. The Labute approximate surface area is 114 Å². The molecule has 1 unspecified atom stereocenters. The predicted molar refractivity (Wildman–Crippen MR) is 76.9 cm³/mol. The zero-order chi connectivity index (χ0) is 13.7. The zero-order valence-corrected chi connectivity index (χ0v) is 11.9. The molecule has 0 radical (unpaired) electrons. The van der Waals surface area contributed by atoms with Gasteiger partial charge in [0.05, 0.1) is 6.20 Å². The molecule has 2 aromatic rings. The van der Waals surface area contributed by atoms with Gasteiger partial charge in [0.15, 0.2) is 0 Å². The van der Waals surface area contributed by atoms with Crippen LogP contribution in [0.1, 0.15) is 36.1 Å². The molecule has 1 atom stereocenters. The molecule has 2 aromatic heterocycles. The molecule has 4 nitrogen and oxygen atoms in total. The number of pyridine rings is 1. The van der Waals surface area contributed by atoms with Crippen LogP contribution in [0.5, 0.6) is 0 Å². The van der Waals surface area contributed by atoms with Crippen LogP contribution in [0.4, 0.5) is 0 Å². The number of nitrogens with zero attached hydrogens (tertiary/aromatic N) is 3. The Morgan fingerprint density at radius 1 is 1.37 bits per heavy atom. The predicted octanol–water partition coefficient (Wildman–Crippen LogP) is 2.41. The second-order valence-electron chi connectivity index (χ2n) is 4.90. The molecule has 0 aliphatic heterocycles. The lowest BCUT2D eigenvalue weighted by atomic mass is 9.98. The Hall–Kier alpha value is -1.68. The monoisotopic (exact) mass is 258 g/mol. The smallest absolute Gasteiger partial charge is 0.0521 e. The van der Waals surface area contributed by atoms with Crippen LogP contribution < -0.4 is 5.32 Å². The topological polar surface area (TPSA) is 42.7 Å². The molecule has 2 rings (SSSR count). The third-order valence-corrected chi connectivity index (χ3v) is 3.37. The number of rotatable bonds is 6. The van der Waals surface area contributed by atoms with E-state index in [0.29, 0.717) is 6.04 Å². The van der Waals surface area contributed by atoms with Gasteiger partial charge in [-0.3, -0.25) is 9.67 Å². The molecule has 0 saturated carbocycles. The average Bonchev–Trinajstić information content (AvgIpc) is 2.81. The van der Waals surface area contributed by atoms with Gasteiger partial charge in [-0.05, 0) is 49.1 Å². The Bertz CT molecular complexity index is 518. The molecule has 4 heteroatoms. The van der Waals surface area contributed by atoms with Crippen molar-refractivity contribution in [3.05, 3.63) is 47.5 Å². The first-order valence-corrected chi connectivity index (χ1v) is 6.82. The van der Waals surface area contributed by atoms with Crippen LogP contribution in [-0.4, -0.2) is 21.3 Å². The van der Waals surface area contributed by atoms with Gasteiger partial charge in [-0.15, -0.1) is 0 Å². The van der Waals surface area contributed by atoms with Gasteiger partial charge in [0.2, 0.25) is 0 Å². The highest BCUT2D eigenvalue weighted by Gasteiger charge is 2.13. The van der Waals surface area contributed by atoms with Crippen molar-refractivity contribution >= 4 is 0 Å². The van der Waals surface area contributed by atoms with E-state index in [4.69, 9.17) is 0 Å². The van der Waals surface area contributed by atoms with Crippen LogP contribution in [0.25, 0.3) is 0 Å². The molecule has 0 spiro atoms. The van der Waals surface area contributed by atoms with E-state index >= 15 is 0 Å². The summed E-state index contributed by atoms with van der Waals surface area (Å²) in [6.45, 7) is 5.24. The minimum Gasteiger partial charge on any atom is -0.310 e. The van der Waals surface area contributed by atoms with E-state index in [2.05, 4.69) is 41.5 Å². The van der Waals surface area contributed by atoms with Crippen molar-refractivity contribution in [1.29, 1.82) is 0 Å². The third kappa shape index (κ3) is 3.64. The summed E-state index contributed by atoms with van der Waals surface area (Å²) in [4.78, 5) is 4.17. The van der Waals surface area contributed by atoms with Crippen LogP contribution in [0.15, 0.2) is 30.9 Å². The number of hydrogen-bond acceptors (Lipinski definition) is 3. The summed E-state index contributed by atoms with van der Waals surface area (Å²) in [6, 6.07) is 2.50. The van der Waals surface area contributed by atoms with E-state index in [1.165, 1.54) is 16.7 Å². The molecule has 19 heavy (non-hydrogen) atoms. The van der Waals surface area contributed by atoms with Gasteiger partial charge >= 0.3 is 0 Å². The second-order valence-corrected chi connectivity index (χ2v) is 4.90. The molecule has 0 aliphatic carbocycles. The number of aromatic nitrogens is 3. The maximum absolute atomic E-state index is 4.22. The summed E-state index contributed by atoms with van der Waals surface area (Å²) in [7, 11) is 1.96. The maximum Gasteiger partial charge on any atom is 0.0521 e. The van der Waals surface area contributed by atoms with Crippen LogP contribution in [0.2, 0.25) is 0 Å². The number of hydrogen-bond donors (Lipinski definition) is 1. The second kappa shape index (κ2) is 6.48. The lowest BCUT2D eigenvalue weighted by Crippen LogP contribution is -2.22. The van der Waals surface area contributed by atoms with Crippen molar-refractivity contribution in [2.75, 3.05) is 6.54 Å². The summed E-state index contributed by atoms with van der Waals surface area (Å²) in [6.07, 6.45) is 9.95. The Kier molecular flexibility index (Phi) is 4.68. The summed E-state index contributed by atoms with van der Waals surface area (Å²) in [5, 5.41) is 7.78. The van der Waals surface area contributed by atoms with Crippen molar-refractivity contribution in [3.63, 3.8) is 0 Å². The van der Waals surface area contributed by atoms with Crippen LogP contribution in [0, 0.1) is 6.92 Å². The molecule has 1 N–H and O–H groups in total. The summed E-state index contributed by atoms with van der Waals surface area (Å²) in [5.41, 5.74) is 3.89. The number of aryl methyl sites for hydroxylation is 3. The molecule has 2 heterocycles. The SMILES string of the molecule is CCNC(CCc1cnn(C)c1)c1ccncc1C. The summed E-state index contributed by atoms with van der Waals surface area (Å²) >= 11 is 0. The average molecular weight is 258 g/mol. The Morgan fingerprint density at radius 2 is 2.21 bits per heavy atom. The van der Waals surface area contributed by atoms with E-state index in [1.807, 2.05) is 30.3 Å². The molecular formula is C15H22N4. The van der Waals surface area contributed by atoms with Crippen molar-refractivity contribution in [2.24, 2.45) is 7.05 Å². The largest absolute Gasteiger partial charge is 0.310 e. The van der Waals surface area contributed by atoms with Gasteiger partial charge in [-0.1, -0.05) is 6.92 Å². The highest BCUT2D eigenvalue weighted by atomic mass is 15.2. The first kappa shape index (κ1) is 13.7. The molecule has 0 saturated heterocycles. The fourth-order valence-corrected chi connectivity index (χ4v) is 2.40. The Balaban J connectivity index is 2.06. The van der Waals surface area contributed by atoms with Gasteiger partial charge in [-0.25, -0.2) is 0 Å². The highest BCUT2D eigenvalue weighted by Crippen LogP contribution is 2.21. The molecule has 0 fully saturated rings. The Morgan fingerprint density at radius 3 is 2.84 bits per heavy atom. The lowest BCUT2D eigenvalue weighted by molar-refractivity contribution is 0.512. The molecule has 0 aromatic carbocycles. The molecule has 0 aliphatic rings. The van der Waals surface area contributed by atoms with E-state index in [1.54, 1.807) is 0 Å². The van der Waals surface area contributed by atoms with Crippen LogP contribution >= 0.6 is 0 Å². The van der Waals surface area contributed by atoms with Crippen molar-refractivity contribution in [2.45, 2.75) is 32.7 Å². The third-order valence-electron chi connectivity index (χ3n) is 3.37. The molecular weight excluding hydrogens is 236 g/mol. The summed E-state index contributed by atoms with van der Waals surface area (Å²) < 4.78 is 1.86. The van der Waals surface area contributed by atoms with Crippen molar-refractivity contribution in [1.82, 2.24) is 20.1 Å². The standard InChI is InChI=1S/C15H22N4/c1-4-17-15(14-7-8-16-9-12(14)2)6-5-13-10-18-19(3)11-13/h7-11,15,17H,4-6H2,1-3H3. The van der Waals surface area contributed by atoms with Crippen molar-refractivity contribution in [3.8, 4) is 0 Å². The molecule has 0 amide bonds. The lowest BCUT2D eigenvalue weighted by Gasteiger charge is -2.19. The van der Waals surface area contributed by atoms with Gasteiger partial charge in [0.25, 0.3) is 0 Å². The van der Waals surface area contributed by atoms with Crippen LogP contribution in [-0.2, 0) is 13.5 Å². The van der Waals surface area contributed by atoms with E-state index in [0.717, 1.165) is 19.4 Å². The quantitative estimate of drug-likeness (QED) is 0.865. The first-order chi connectivity index (χ1) is 9.20. The fraction of sp³-hybridized carbons (Fsp3) is 0.467. The fourth-order valence-electron chi connectivity index (χ4n) is 2.40. The zero-order valence-electron chi connectivity index (χ0n) is 11.9. The van der Waals surface area contributed by atoms with E-state index in [-0.39, 0.29) is 0 Å².